The molecule has 1 aromatic heterocycles. The van der Waals surface area contributed by atoms with Crippen molar-refractivity contribution >= 4 is 5.69 Å². The summed E-state index contributed by atoms with van der Waals surface area (Å²) in [5.41, 5.74) is 7.18. The van der Waals surface area contributed by atoms with E-state index in [9.17, 15) is 0 Å². The molecule has 1 rings (SSSR count). The third-order valence-corrected chi connectivity index (χ3v) is 1.87. The van der Waals surface area contributed by atoms with Crippen LogP contribution in [0.4, 0.5) is 5.69 Å². The molecular weight excluding hydrogens is 192 g/mol. The molecule has 84 valence electrons. The number of aromatic nitrogens is 1. The van der Waals surface area contributed by atoms with E-state index in [0.717, 1.165) is 18.6 Å². The standard InChI is InChI=1S/C11H18N2O2/c1-3-4-14-5-6-15-11-9(2)7-10(12)8-13-11/h7-8H,3-6,12H2,1-2H3. The van der Waals surface area contributed by atoms with Gasteiger partial charge in [0.05, 0.1) is 18.5 Å². The molecular formula is C11H18N2O2. The highest BCUT2D eigenvalue weighted by Gasteiger charge is 2.00. The molecule has 2 N–H and O–H groups in total. The molecule has 0 bridgehead atoms. The van der Waals surface area contributed by atoms with Gasteiger partial charge in [-0.3, -0.25) is 0 Å². The van der Waals surface area contributed by atoms with Crippen LogP contribution in [0.5, 0.6) is 5.88 Å². The predicted octanol–water partition coefficient (Wildman–Crippen LogP) is 1.78. The van der Waals surface area contributed by atoms with Crippen LogP contribution in [0.25, 0.3) is 0 Å². The van der Waals surface area contributed by atoms with Gasteiger partial charge in [-0.05, 0) is 19.4 Å². The molecule has 0 aliphatic rings. The zero-order chi connectivity index (χ0) is 11.1. The van der Waals surface area contributed by atoms with Crippen LogP contribution in [-0.4, -0.2) is 24.8 Å². The molecule has 0 saturated heterocycles. The van der Waals surface area contributed by atoms with E-state index in [0.29, 0.717) is 24.8 Å². The molecule has 0 fully saturated rings. The highest BCUT2D eigenvalue weighted by atomic mass is 16.5. The zero-order valence-corrected chi connectivity index (χ0v) is 9.32. The lowest BCUT2D eigenvalue weighted by Gasteiger charge is -2.08. The minimum absolute atomic E-state index is 0.526. The van der Waals surface area contributed by atoms with E-state index in [-0.39, 0.29) is 0 Å². The van der Waals surface area contributed by atoms with Gasteiger partial charge in [-0.15, -0.1) is 0 Å². The fourth-order valence-corrected chi connectivity index (χ4v) is 1.18. The van der Waals surface area contributed by atoms with Gasteiger partial charge in [0.25, 0.3) is 0 Å². The predicted molar refractivity (Wildman–Crippen MR) is 60.0 cm³/mol. The van der Waals surface area contributed by atoms with Gasteiger partial charge < -0.3 is 15.2 Å². The first-order valence-corrected chi connectivity index (χ1v) is 5.16. The Morgan fingerprint density at radius 3 is 2.80 bits per heavy atom. The lowest BCUT2D eigenvalue weighted by atomic mass is 10.3. The normalized spacial score (nSPS) is 10.3. The molecule has 15 heavy (non-hydrogen) atoms. The van der Waals surface area contributed by atoms with Crippen molar-refractivity contribution < 1.29 is 9.47 Å². The molecule has 0 unspecified atom stereocenters. The number of nitrogens with zero attached hydrogens (tertiary/aromatic N) is 1. The second kappa shape index (κ2) is 6.24. The van der Waals surface area contributed by atoms with Gasteiger partial charge in [-0.25, -0.2) is 4.98 Å². The summed E-state index contributed by atoms with van der Waals surface area (Å²) in [4.78, 5) is 4.09. The molecule has 1 aromatic rings. The lowest BCUT2D eigenvalue weighted by molar-refractivity contribution is 0.0988. The minimum Gasteiger partial charge on any atom is -0.475 e. The van der Waals surface area contributed by atoms with Gasteiger partial charge in [0.1, 0.15) is 6.61 Å². The van der Waals surface area contributed by atoms with Crippen molar-refractivity contribution in [1.29, 1.82) is 0 Å². The summed E-state index contributed by atoms with van der Waals surface area (Å²) < 4.78 is 10.7. The molecule has 0 aliphatic carbocycles. The molecule has 0 saturated carbocycles. The number of pyridine rings is 1. The van der Waals surface area contributed by atoms with Crippen molar-refractivity contribution in [2.75, 3.05) is 25.6 Å². The van der Waals surface area contributed by atoms with E-state index in [1.807, 2.05) is 13.0 Å². The van der Waals surface area contributed by atoms with Crippen LogP contribution in [0.3, 0.4) is 0 Å². The largest absolute Gasteiger partial charge is 0.475 e. The van der Waals surface area contributed by atoms with Crippen molar-refractivity contribution in [3.63, 3.8) is 0 Å². The third kappa shape index (κ3) is 4.16. The van der Waals surface area contributed by atoms with Crippen LogP contribution >= 0.6 is 0 Å². The summed E-state index contributed by atoms with van der Waals surface area (Å²) in [5.74, 6) is 0.629. The zero-order valence-electron chi connectivity index (χ0n) is 9.32. The molecule has 0 spiro atoms. The topological polar surface area (TPSA) is 57.4 Å². The Hall–Kier alpha value is -1.29. The van der Waals surface area contributed by atoms with Crippen LogP contribution in [0.1, 0.15) is 18.9 Å². The SMILES string of the molecule is CCCOCCOc1ncc(N)cc1C. The molecule has 4 nitrogen and oxygen atoms in total. The van der Waals surface area contributed by atoms with Gasteiger partial charge in [-0.2, -0.15) is 0 Å². The molecule has 0 radical (unpaired) electrons. The molecule has 0 amide bonds. The molecule has 0 aromatic carbocycles. The molecule has 1 heterocycles. The summed E-state index contributed by atoms with van der Waals surface area (Å²) in [7, 11) is 0. The van der Waals surface area contributed by atoms with Gasteiger partial charge in [0.2, 0.25) is 5.88 Å². The average molecular weight is 210 g/mol. The Balaban J connectivity index is 2.31. The lowest BCUT2D eigenvalue weighted by Crippen LogP contribution is -2.08. The summed E-state index contributed by atoms with van der Waals surface area (Å²) >= 11 is 0. The first-order chi connectivity index (χ1) is 7.24. The number of nitrogens with two attached hydrogens (primary N) is 1. The second-order valence-corrected chi connectivity index (χ2v) is 3.35. The maximum absolute atomic E-state index is 5.58. The van der Waals surface area contributed by atoms with Crippen LogP contribution in [0, 0.1) is 6.92 Å². The van der Waals surface area contributed by atoms with Crippen LogP contribution in [-0.2, 0) is 4.74 Å². The van der Waals surface area contributed by atoms with Crippen molar-refractivity contribution in [1.82, 2.24) is 4.98 Å². The number of hydrogen-bond donors (Lipinski definition) is 1. The first kappa shape index (κ1) is 11.8. The number of aryl methyl sites for hydroxylation is 1. The van der Waals surface area contributed by atoms with Gasteiger partial charge >= 0.3 is 0 Å². The van der Waals surface area contributed by atoms with Gasteiger partial charge in [-0.1, -0.05) is 6.92 Å². The number of nitrogen functional groups attached to an aromatic ring is 1. The van der Waals surface area contributed by atoms with Crippen molar-refractivity contribution in [3.8, 4) is 5.88 Å². The molecule has 4 heteroatoms. The maximum atomic E-state index is 5.58. The Labute approximate surface area is 90.4 Å². The fraction of sp³-hybridized carbons (Fsp3) is 0.545. The number of anilines is 1. The van der Waals surface area contributed by atoms with Crippen LogP contribution in [0.2, 0.25) is 0 Å². The highest BCUT2D eigenvalue weighted by Crippen LogP contribution is 2.15. The Morgan fingerprint density at radius 1 is 1.33 bits per heavy atom. The van der Waals surface area contributed by atoms with E-state index in [1.165, 1.54) is 0 Å². The maximum Gasteiger partial charge on any atom is 0.216 e. The monoisotopic (exact) mass is 210 g/mol. The van der Waals surface area contributed by atoms with E-state index < -0.39 is 0 Å². The highest BCUT2D eigenvalue weighted by molar-refractivity contribution is 5.41. The molecule has 0 aliphatic heterocycles. The van der Waals surface area contributed by atoms with Crippen LogP contribution in [0.15, 0.2) is 12.3 Å². The summed E-state index contributed by atoms with van der Waals surface area (Å²) in [6, 6.07) is 1.84. The van der Waals surface area contributed by atoms with E-state index >= 15 is 0 Å². The van der Waals surface area contributed by atoms with Crippen LogP contribution < -0.4 is 10.5 Å². The quantitative estimate of drug-likeness (QED) is 0.727. The van der Waals surface area contributed by atoms with Gasteiger partial charge in [0, 0.05) is 12.2 Å². The molecule has 0 atom stereocenters. The summed E-state index contributed by atoms with van der Waals surface area (Å²) in [5, 5.41) is 0. The number of ether oxygens (including phenoxy) is 2. The summed E-state index contributed by atoms with van der Waals surface area (Å²) in [6.07, 6.45) is 2.62. The Morgan fingerprint density at radius 2 is 2.13 bits per heavy atom. The third-order valence-electron chi connectivity index (χ3n) is 1.87. The smallest absolute Gasteiger partial charge is 0.216 e. The van der Waals surface area contributed by atoms with Crippen molar-refractivity contribution in [3.05, 3.63) is 17.8 Å². The Bertz CT molecular complexity index is 303. The second-order valence-electron chi connectivity index (χ2n) is 3.35. The van der Waals surface area contributed by atoms with Crippen molar-refractivity contribution in [2.24, 2.45) is 0 Å². The first-order valence-electron chi connectivity index (χ1n) is 5.16. The summed E-state index contributed by atoms with van der Waals surface area (Å²) in [6.45, 7) is 5.90. The van der Waals surface area contributed by atoms with E-state index in [4.69, 9.17) is 15.2 Å². The average Bonchev–Trinajstić information content (AvgIpc) is 2.20. The Kier molecular flexibility index (Phi) is 4.90. The van der Waals surface area contributed by atoms with E-state index in [2.05, 4.69) is 11.9 Å². The van der Waals surface area contributed by atoms with Gasteiger partial charge in [0.15, 0.2) is 0 Å². The number of rotatable bonds is 6. The fourth-order valence-electron chi connectivity index (χ4n) is 1.18. The van der Waals surface area contributed by atoms with E-state index in [1.54, 1.807) is 6.20 Å². The number of hydrogen-bond acceptors (Lipinski definition) is 4. The van der Waals surface area contributed by atoms with Crippen molar-refractivity contribution in [2.45, 2.75) is 20.3 Å². The minimum atomic E-state index is 0.526.